The van der Waals surface area contributed by atoms with Crippen molar-refractivity contribution in [2.24, 2.45) is 0 Å². The third-order valence-corrected chi connectivity index (χ3v) is 6.49. The van der Waals surface area contributed by atoms with Gasteiger partial charge in [0.1, 0.15) is 17.4 Å². The number of hydrogen-bond acceptors (Lipinski definition) is 4. The quantitative estimate of drug-likeness (QED) is 0.456. The highest BCUT2D eigenvalue weighted by molar-refractivity contribution is 7.20. The van der Waals surface area contributed by atoms with Crippen LogP contribution in [0.3, 0.4) is 0 Å². The zero-order chi connectivity index (χ0) is 20.5. The van der Waals surface area contributed by atoms with E-state index in [-0.39, 0.29) is 17.8 Å². The molecule has 0 unspecified atom stereocenters. The summed E-state index contributed by atoms with van der Waals surface area (Å²) in [5.74, 6) is -0.182. The Hall–Kier alpha value is -2.99. The number of benzene rings is 3. The van der Waals surface area contributed by atoms with Crippen LogP contribution in [0, 0.1) is 5.82 Å². The van der Waals surface area contributed by atoms with Crippen molar-refractivity contribution >= 4 is 38.2 Å². The fourth-order valence-electron chi connectivity index (χ4n) is 3.95. The van der Waals surface area contributed by atoms with E-state index in [0.717, 1.165) is 28.5 Å². The SMILES string of the molecule is O=C(Cc1ccc2ccccc2c1)N1CCC(Oc2nc3c(F)cccc3s2)CC1. The first-order valence-corrected chi connectivity index (χ1v) is 10.9. The second kappa shape index (κ2) is 8.03. The van der Waals surface area contributed by atoms with Crippen molar-refractivity contribution in [3.05, 3.63) is 72.0 Å². The molecule has 152 valence electrons. The van der Waals surface area contributed by atoms with Crippen LogP contribution in [0.5, 0.6) is 5.19 Å². The van der Waals surface area contributed by atoms with Gasteiger partial charge >= 0.3 is 0 Å². The van der Waals surface area contributed by atoms with E-state index in [4.69, 9.17) is 4.74 Å². The summed E-state index contributed by atoms with van der Waals surface area (Å²) in [6, 6.07) is 19.3. The summed E-state index contributed by atoms with van der Waals surface area (Å²) in [6.45, 7) is 1.33. The molecule has 1 fully saturated rings. The molecule has 2 heterocycles. The number of aromatic nitrogens is 1. The van der Waals surface area contributed by atoms with E-state index in [0.29, 0.717) is 30.2 Å². The zero-order valence-electron chi connectivity index (χ0n) is 16.4. The van der Waals surface area contributed by atoms with Gasteiger partial charge in [-0.2, -0.15) is 4.98 Å². The van der Waals surface area contributed by atoms with Crippen LogP contribution in [0.25, 0.3) is 21.0 Å². The molecular weight excluding hydrogens is 399 g/mol. The maximum Gasteiger partial charge on any atom is 0.274 e. The predicted molar refractivity (Wildman–Crippen MR) is 117 cm³/mol. The molecule has 0 aliphatic carbocycles. The molecule has 0 atom stereocenters. The van der Waals surface area contributed by atoms with E-state index in [1.165, 1.54) is 22.8 Å². The van der Waals surface area contributed by atoms with Crippen LogP contribution in [0.15, 0.2) is 60.7 Å². The average molecular weight is 421 g/mol. The molecule has 1 saturated heterocycles. The molecule has 1 aliphatic heterocycles. The second-order valence-electron chi connectivity index (χ2n) is 7.62. The van der Waals surface area contributed by atoms with Crippen molar-refractivity contribution in [2.75, 3.05) is 13.1 Å². The topological polar surface area (TPSA) is 42.4 Å². The van der Waals surface area contributed by atoms with Crippen molar-refractivity contribution in [3.63, 3.8) is 0 Å². The van der Waals surface area contributed by atoms with Crippen LogP contribution in [0.1, 0.15) is 18.4 Å². The van der Waals surface area contributed by atoms with E-state index in [1.54, 1.807) is 6.07 Å². The lowest BCUT2D eigenvalue weighted by atomic mass is 10.0. The number of amides is 1. The summed E-state index contributed by atoms with van der Waals surface area (Å²) >= 11 is 1.36. The summed E-state index contributed by atoms with van der Waals surface area (Å²) in [6.07, 6.45) is 1.91. The highest BCUT2D eigenvalue weighted by atomic mass is 32.1. The molecule has 3 aromatic carbocycles. The van der Waals surface area contributed by atoms with E-state index in [2.05, 4.69) is 29.2 Å². The highest BCUT2D eigenvalue weighted by Crippen LogP contribution is 2.31. The van der Waals surface area contributed by atoms with Crippen molar-refractivity contribution in [3.8, 4) is 5.19 Å². The van der Waals surface area contributed by atoms with Crippen molar-refractivity contribution in [1.82, 2.24) is 9.88 Å². The van der Waals surface area contributed by atoms with E-state index in [1.807, 2.05) is 29.2 Å². The molecule has 1 aromatic heterocycles. The molecule has 0 radical (unpaired) electrons. The first-order chi connectivity index (χ1) is 14.7. The Morgan fingerprint density at radius 2 is 1.87 bits per heavy atom. The fraction of sp³-hybridized carbons (Fsp3) is 0.250. The first kappa shape index (κ1) is 19.0. The third-order valence-electron chi connectivity index (χ3n) is 5.58. The van der Waals surface area contributed by atoms with Crippen LogP contribution in [-0.4, -0.2) is 35.0 Å². The Labute approximate surface area is 177 Å². The molecule has 4 nitrogen and oxygen atoms in total. The smallest absolute Gasteiger partial charge is 0.274 e. The molecule has 0 bridgehead atoms. The molecule has 4 aromatic rings. The number of carbonyl (C=O) groups excluding carboxylic acids is 1. The molecule has 1 amide bonds. The first-order valence-electron chi connectivity index (χ1n) is 10.1. The maximum atomic E-state index is 13.8. The summed E-state index contributed by atoms with van der Waals surface area (Å²) < 4.78 is 20.6. The molecule has 0 saturated carbocycles. The van der Waals surface area contributed by atoms with Crippen molar-refractivity contribution < 1.29 is 13.9 Å². The average Bonchev–Trinajstić information content (AvgIpc) is 3.18. The second-order valence-corrected chi connectivity index (χ2v) is 8.62. The lowest BCUT2D eigenvalue weighted by molar-refractivity contribution is -0.132. The fourth-order valence-corrected chi connectivity index (χ4v) is 4.84. The van der Waals surface area contributed by atoms with E-state index in [9.17, 15) is 9.18 Å². The minimum Gasteiger partial charge on any atom is -0.467 e. The van der Waals surface area contributed by atoms with Gasteiger partial charge in [0, 0.05) is 25.9 Å². The van der Waals surface area contributed by atoms with Gasteiger partial charge in [-0.1, -0.05) is 59.9 Å². The number of hydrogen-bond donors (Lipinski definition) is 0. The number of halogens is 1. The standard InChI is InChI=1S/C24H21FN2O2S/c25-20-6-3-7-21-23(20)26-24(30-21)29-19-10-12-27(13-11-19)22(28)15-16-8-9-17-4-1-2-5-18(17)14-16/h1-9,14,19H,10-13,15H2. The number of thiazole rings is 1. The van der Waals surface area contributed by atoms with Gasteiger partial charge in [-0.15, -0.1) is 0 Å². The monoisotopic (exact) mass is 420 g/mol. The predicted octanol–water partition coefficient (Wildman–Crippen LogP) is 5.20. The number of rotatable bonds is 4. The number of ether oxygens (including phenoxy) is 1. The summed E-state index contributed by atoms with van der Waals surface area (Å²) in [4.78, 5) is 18.9. The van der Waals surface area contributed by atoms with Crippen LogP contribution in [0.2, 0.25) is 0 Å². The van der Waals surface area contributed by atoms with Crippen LogP contribution >= 0.6 is 11.3 Å². The molecule has 5 rings (SSSR count). The third kappa shape index (κ3) is 3.87. The van der Waals surface area contributed by atoms with Gasteiger partial charge < -0.3 is 9.64 Å². The highest BCUT2D eigenvalue weighted by Gasteiger charge is 2.25. The van der Waals surface area contributed by atoms with Crippen molar-refractivity contribution in [2.45, 2.75) is 25.4 Å². The molecule has 0 N–H and O–H groups in total. The lowest BCUT2D eigenvalue weighted by Crippen LogP contribution is -2.42. The van der Waals surface area contributed by atoms with Gasteiger partial charge in [0.25, 0.3) is 5.19 Å². The minimum absolute atomic E-state index is 0.00153. The molecular formula is C24H21FN2O2S. The van der Waals surface area contributed by atoms with Gasteiger partial charge in [0.15, 0.2) is 0 Å². The lowest BCUT2D eigenvalue weighted by Gasteiger charge is -2.31. The minimum atomic E-state index is -0.326. The summed E-state index contributed by atoms with van der Waals surface area (Å²) in [5, 5.41) is 2.83. The Morgan fingerprint density at radius 3 is 2.67 bits per heavy atom. The summed E-state index contributed by atoms with van der Waals surface area (Å²) in [5.41, 5.74) is 1.40. The number of fused-ring (bicyclic) bond motifs is 2. The van der Waals surface area contributed by atoms with Crippen LogP contribution < -0.4 is 4.74 Å². The maximum absolute atomic E-state index is 13.8. The largest absolute Gasteiger partial charge is 0.467 e. The molecule has 1 aliphatic rings. The Morgan fingerprint density at radius 1 is 1.07 bits per heavy atom. The van der Waals surface area contributed by atoms with Gasteiger partial charge in [-0.3, -0.25) is 4.79 Å². The number of para-hydroxylation sites is 1. The van der Waals surface area contributed by atoms with Crippen LogP contribution in [0.4, 0.5) is 4.39 Å². The number of piperidine rings is 1. The van der Waals surface area contributed by atoms with Gasteiger partial charge in [-0.05, 0) is 28.5 Å². The Bertz CT molecular complexity index is 1210. The van der Waals surface area contributed by atoms with Crippen LogP contribution in [-0.2, 0) is 11.2 Å². The number of likely N-dealkylation sites (tertiary alicyclic amines) is 1. The Kier molecular flexibility index (Phi) is 5.09. The van der Waals surface area contributed by atoms with Crippen molar-refractivity contribution in [1.29, 1.82) is 0 Å². The zero-order valence-corrected chi connectivity index (χ0v) is 17.2. The van der Waals surface area contributed by atoms with Gasteiger partial charge in [0.05, 0.1) is 11.1 Å². The number of nitrogens with zero attached hydrogens (tertiary/aromatic N) is 2. The Balaban J connectivity index is 1.18. The van der Waals surface area contributed by atoms with Gasteiger partial charge in [-0.25, -0.2) is 4.39 Å². The molecule has 6 heteroatoms. The molecule has 0 spiro atoms. The van der Waals surface area contributed by atoms with Gasteiger partial charge in [0.2, 0.25) is 5.91 Å². The van der Waals surface area contributed by atoms with E-state index >= 15 is 0 Å². The normalized spacial score (nSPS) is 15.0. The van der Waals surface area contributed by atoms with E-state index < -0.39 is 0 Å². The summed E-state index contributed by atoms with van der Waals surface area (Å²) in [7, 11) is 0. The molecule has 30 heavy (non-hydrogen) atoms. The number of carbonyl (C=O) groups is 1.